The Kier molecular flexibility index (Phi) is 2.11. The molecule has 0 atom stereocenters. The van der Waals surface area contributed by atoms with E-state index in [4.69, 9.17) is 10.4 Å². The van der Waals surface area contributed by atoms with Gasteiger partial charge < -0.3 is 5.11 Å². The summed E-state index contributed by atoms with van der Waals surface area (Å²) in [6, 6.07) is 12.1. The summed E-state index contributed by atoms with van der Waals surface area (Å²) < 4.78 is 0. The fraction of sp³-hybridized carbons (Fsp3) is 0. The van der Waals surface area contributed by atoms with E-state index in [-0.39, 0.29) is 5.56 Å². The first kappa shape index (κ1) is 9.22. The van der Waals surface area contributed by atoms with Crippen LogP contribution in [0.15, 0.2) is 36.4 Å². The quantitative estimate of drug-likeness (QED) is 0.763. The summed E-state index contributed by atoms with van der Waals surface area (Å²) in [5.41, 5.74) is 0.695. The Labute approximate surface area is 86.2 Å². The van der Waals surface area contributed by atoms with Gasteiger partial charge in [0.2, 0.25) is 0 Å². The number of hydrogen-bond donors (Lipinski definition) is 1. The standard InChI is InChI=1S/C12H7NO2/c13-7-10-3-1-2-8-4-5-9(12(14)15)6-11(8)10/h1-6H,(H,14,15). The first-order valence-electron chi connectivity index (χ1n) is 4.38. The Morgan fingerprint density at radius 3 is 2.73 bits per heavy atom. The molecule has 0 saturated carbocycles. The van der Waals surface area contributed by atoms with Crippen molar-refractivity contribution in [1.29, 1.82) is 5.26 Å². The number of fused-ring (bicyclic) bond motifs is 1. The van der Waals surface area contributed by atoms with Crippen LogP contribution in [0.2, 0.25) is 0 Å². The van der Waals surface area contributed by atoms with Crippen molar-refractivity contribution >= 4 is 16.7 Å². The fourth-order valence-corrected chi connectivity index (χ4v) is 1.50. The van der Waals surface area contributed by atoms with Crippen molar-refractivity contribution in [2.45, 2.75) is 0 Å². The van der Waals surface area contributed by atoms with Gasteiger partial charge in [0.15, 0.2) is 0 Å². The first-order chi connectivity index (χ1) is 7.22. The molecule has 0 unspecified atom stereocenters. The molecule has 0 radical (unpaired) electrons. The zero-order chi connectivity index (χ0) is 10.8. The van der Waals surface area contributed by atoms with Crippen molar-refractivity contribution in [2.75, 3.05) is 0 Å². The van der Waals surface area contributed by atoms with Gasteiger partial charge in [0.1, 0.15) is 0 Å². The largest absolute Gasteiger partial charge is 0.478 e. The van der Waals surface area contributed by atoms with E-state index in [1.807, 2.05) is 12.1 Å². The SMILES string of the molecule is N#Cc1cccc2ccc(C(=O)O)cc12. The van der Waals surface area contributed by atoms with Crippen molar-refractivity contribution in [3.63, 3.8) is 0 Å². The van der Waals surface area contributed by atoms with Crippen LogP contribution in [-0.4, -0.2) is 11.1 Å². The number of carbonyl (C=O) groups is 1. The number of nitrogens with zero attached hydrogens (tertiary/aromatic N) is 1. The van der Waals surface area contributed by atoms with Crippen molar-refractivity contribution in [1.82, 2.24) is 0 Å². The van der Waals surface area contributed by atoms with Crippen molar-refractivity contribution in [2.24, 2.45) is 0 Å². The highest BCUT2D eigenvalue weighted by molar-refractivity contribution is 5.96. The van der Waals surface area contributed by atoms with Gasteiger partial charge in [-0.3, -0.25) is 0 Å². The number of rotatable bonds is 1. The molecule has 2 aromatic rings. The summed E-state index contributed by atoms with van der Waals surface area (Å²) in [5, 5.41) is 19.2. The number of carboxylic acids is 1. The molecule has 3 heteroatoms. The maximum Gasteiger partial charge on any atom is 0.335 e. The lowest BCUT2D eigenvalue weighted by molar-refractivity contribution is 0.0697. The molecule has 2 rings (SSSR count). The molecule has 0 aromatic heterocycles. The van der Waals surface area contributed by atoms with E-state index in [0.29, 0.717) is 10.9 Å². The Morgan fingerprint density at radius 1 is 1.27 bits per heavy atom. The maximum atomic E-state index is 10.8. The third-order valence-electron chi connectivity index (χ3n) is 2.25. The highest BCUT2D eigenvalue weighted by Crippen LogP contribution is 2.19. The zero-order valence-electron chi connectivity index (χ0n) is 7.77. The van der Waals surface area contributed by atoms with Crippen LogP contribution in [-0.2, 0) is 0 Å². The molecule has 15 heavy (non-hydrogen) atoms. The number of aromatic carboxylic acids is 1. The second kappa shape index (κ2) is 3.43. The summed E-state index contributed by atoms with van der Waals surface area (Å²) in [7, 11) is 0. The predicted octanol–water partition coefficient (Wildman–Crippen LogP) is 2.41. The average molecular weight is 197 g/mol. The number of benzene rings is 2. The monoisotopic (exact) mass is 197 g/mol. The third kappa shape index (κ3) is 1.53. The summed E-state index contributed by atoms with van der Waals surface area (Å²) in [4.78, 5) is 10.8. The molecule has 0 heterocycles. The Morgan fingerprint density at radius 2 is 2.07 bits per heavy atom. The Bertz CT molecular complexity index is 582. The topological polar surface area (TPSA) is 61.1 Å². The van der Waals surface area contributed by atoms with Gasteiger partial charge in [-0.1, -0.05) is 18.2 Å². The van der Waals surface area contributed by atoms with Gasteiger partial charge in [-0.2, -0.15) is 5.26 Å². The maximum absolute atomic E-state index is 10.8. The molecule has 72 valence electrons. The zero-order valence-corrected chi connectivity index (χ0v) is 7.77. The molecule has 0 spiro atoms. The van der Waals surface area contributed by atoms with E-state index in [1.54, 1.807) is 18.2 Å². The van der Waals surface area contributed by atoms with Gasteiger partial charge >= 0.3 is 5.97 Å². The Balaban J connectivity index is 2.80. The van der Waals surface area contributed by atoms with Crippen LogP contribution in [0.25, 0.3) is 10.8 Å². The lowest BCUT2D eigenvalue weighted by Crippen LogP contribution is -1.95. The normalized spacial score (nSPS) is 9.80. The lowest BCUT2D eigenvalue weighted by Gasteiger charge is -2.01. The van der Waals surface area contributed by atoms with Gasteiger partial charge in [0.05, 0.1) is 17.2 Å². The second-order valence-electron chi connectivity index (χ2n) is 3.16. The smallest absolute Gasteiger partial charge is 0.335 e. The van der Waals surface area contributed by atoms with E-state index in [0.717, 1.165) is 5.39 Å². The molecule has 0 bridgehead atoms. The average Bonchev–Trinajstić information content (AvgIpc) is 2.27. The minimum absolute atomic E-state index is 0.199. The van der Waals surface area contributed by atoms with Crippen molar-refractivity contribution in [3.05, 3.63) is 47.5 Å². The van der Waals surface area contributed by atoms with Crippen molar-refractivity contribution in [3.8, 4) is 6.07 Å². The van der Waals surface area contributed by atoms with Gasteiger partial charge in [0.25, 0.3) is 0 Å². The molecule has 0 amide bonds. The predicted molar refractivity (Wildman–Crippen MR) is 55.6 cm³/mol. The number of carboxylic acid groups (broad SMARTS) is 1. The van der Waals surface area contributed by atoms with Crippen LogP contribution in [0.1, 0.15) is 15.9 Å². The van der Waals surface area contributed by atoms with E-state index in [1.165, 1.54) is 12.1 Å². The molecule has 0 fully saturated rings. The highest BCUT2D eigenvalue weighted by atomic mass is 16.4. The van der Waals surface area contributed by atoms with Crippen LogP contribution in [0.4, 0.5) is 0 Å². The van der Waals surface area contributed by atoms with Crippen LogP contribution in [0, 0.1) is 11.3 Å². The van der Waals surface area contributed by atoms with E-state index in [2.05, 4.69) is 0 Å². The van der Waals surface area contributed by atoms with Gasteiger partial charge in [0, 0.05) is 5.39 Å². The van der Waals surface area contributed by atoms with Crippen LogP contribution < -0.4 is 0 Å². The summed E-state index contributed by atoms with van der Waals surface area (Å²) >= 11 is 0. The molecular weight excluding hydrogens is 190 g/mol. The summed E-state index contributed by atoms with van der Waals surface area (Å²) in [6.45, 7) is 0. The second-order valence-corrected chi connectivity index (χ2v) is 3.16. The molecule has 0 aliphatic carbocycles. The summed E-state index contributed by atoms with van der Waals surface area (Å²) in [6.07, 6.45) is 0. The van der Waals surface area contributed by atoms with Crippen LogP contribution in [0.3, 0.4) is 0 Å². The molecule has 1 N–H and O–H groups in total. The molecule has 0 aliphatic heterocycles. The minimum atomic E-state index is -0.982. The van der Waals surface area contributed by atoms with Gasteiger partial charge in [-0.15, -0.1) is 0 Å². The number of hydrogen-bond acceptors (Lipinski definition) is 2. The fourth-order valence-electron chi connectivity index (χ4n) is 1.50. The van der Waals surface area contributed by atoms with Crippen LogP contribution >= 0.6 is 0 Å². The van der Waals surface area contributed by atoms with E-state index < -0.39 is 5.97 Å². The van der Waals surface area contributed by atoms with E-state index >= 15 is 0 Å². The minimum Gasteiger partial charge on any atom is -0.478 e. The molecule has 0 aliphatic rings. The number of nitriles is 1. The molecule has 0 saturated heterocycles. The molecule has 3 nitrogen and oxygen atoms in total. The summed E-state index contributed by atoms with van der Waals surface area (Å²) in [5.74, 6) is -0.982. The van der Waals surface area contributed by atoms with Gasteiger partial charge in [-0.25, -0.2) is 4.79 Å². The third-order valence-corrected chi connectivity index (χ3v) is 2.25. The Hall–Kier alpha value is -2.34. The highest BCUT2D eigenvalue weighted by Gasteiger charge is 2.05. The van der Waals surface area contributed by atoms with Gasteiger partial charge in [-0.05, 0) is 23.6 Å². The molecule has 2 aromatic carbocycles. The van der Waals surface area contributed by atoms with Crippen LogP contribution in [0.5, 0.6) is 0 Å². The lowest BCUT2D eigenvalue weighted by atomic mass is 10.0. The van der Waals surface area contributed by atoms with E-state index in [9.17, 15) is 4.79 Å². The molecular formula is C12H7NO2. The first-order valence-corrected chi connectivity index (χ1v) is 4.38. The van der Waals surface area contributed by atoms with Crippen molar-refractivity contribution < 1.29 is 9.90 Å².